The highest BCUT2D eigenvalue weighted by Crippen LogP contribution is 2.18. The van der Waals surface area contributed by atoms with Crippen molar-refractivity contribution in [2.24, 2.45) is 0 Å². The van der Waals surface area contributed by atoms with Gasteiger partial charge in [-0.25, -0.2) is 13.1 Å². The first kappa shape index (κ1) is 14.5. The molecule has 1 aliphatic heterocycles. The van der Waals surface area contributed by atoms with Crippen LogP contribution >= 0.6 is 0 Å². The third-order valence-electron chi connectivity index (χ3n) is 3.40. The van der Waals surface area contributed by atoms with Crippen LogP contribution in [0.1, 0.15) is 38.2 Å². The van der Waals surface area contributed by atoms with Crippen LogP contribution in [-0.2, 0) is 14.8 Å². The highest BCUT2D eigenvalue weighted by Gasteiger charge is 2.22. The standard InChI is InChI=1S/C14H21NO3S/c1-11(2)12-3-5-14(6-4-12)19(16,17)15-13-7-9-18-10-8-13/h3-6,11,13,15H,7-10H2,1-2H3. The highest BCUT2D eigenvalue weighted by molar-refractivity contribution is 7.89. The molecule has 1 N–H and O–H groups in total. The molecule has 5 heteroatoms. The van der Waals surface area contributed by atoms with Crippen molar-refractivity contribution >= 4 is 10.0 Å². The molecule has 0 bridgehead atoms. The summed E-state index contributed by atoms with van der Waals surface area (Å²) in [5.74, 6) is 0.403. The SMILES string of the molecule is CC(C)c1ccc(S(=O)(=O)NC2CCOCC2)cc1. The molecule has 1 aromatic carbocycles. The summed E-state index contributed by atoms with van der Waals surface area (Å²) >= 11 is 0. The molecular formula is C14H21NO3S. The van der Waals surface area contributed by atoms with Gasteiger partial charge in [-0.05, 0) is 36.5 Å². The van der Waals surface area contributed by atoms with E-state index in [-0.39, 0.29) is 6.04 Å². The van der Waals surface area contributed by atoms with E-state index in [2.05, 4.69) is 18.6 Å². The van der Waals surface area contributed by atoms with Gasteiger partial charge < -0.3 is 4.74 Å². The number of nitrogens with one attached hydrogen (secondary N) is 1. The van der Waals surface area contributed by atoms with Crippen LogP contribution in [0.15, 0.2) is 29.2 Å². The topological polar surface area (TPSA) is 55.4 Å². The quantitative estimate of drug-likeness (QED) is 0.922. The van der Waals surface area contributed by atoms with E-state index in [9.17, 15) is 8.42 Å². The lowest BCUT2D eigenvalue weighted by Crippen LogP contribution is -2.38. The molecule has 0 unspecified atom stereocenters. The highest BCUT2D eigenvalue weighted by atomic mass is 32.2. The summed E-state index contributed by atoms with van der Waals surface area (Å²) in [6, 6.07) is 7.10. The van der Waals surface area contributed by atoms with Gasteiger partial charge in [0.2, 0.25) is 10.0 Å². The second-order valence-corrected chi connectivity index (χ2v) is 6.95. The van der Waals surface area contributed by atoms with Crippen molar-refractivity contribution in [1.29, 1.82) is 0 Å². The first-order valence-corrected chi connectivity index (χ1v) is 8.17. The number of benzene rings is 1. The Kier molecular flexibility index (Phi) is 4.60. The van der Waals surface area contributed by atoms with Crippen LogP contribution in [0, 0.1) is 0 Å². The van der Waals surface area contributed by atoms with E-state index in [1.807, 2.05) is 12.1 Å². The zero-order chi connectivity index (χ0) is 13.9. The Bertz CT molecular complexity index is 502. The number of sulfonamides is 1. The lowest BCUT2D eigenvalue weighted by molar-refractivity contribution is 0.0832. The van der Waals surface area contributed by atoms with Crippen LogP contribution in [0.5, 0.6) is 0 Å². The van der Waals surface area contributed by atoms with Crippen LogP contribution in [0.2, 0.25) is 0 Å². The van der Waals surface area contributed by atoms with Gasteiger partial charge in [0.1, 0.15) is 0 Å². The van der Waals surface area contributed by atoms with Crippen molar-refractivity contribution in [2.45, 2.75) is 43.5 Å². The van der Waals surface area contributed by atoms with Gasteiger partial charge in [0.15, 0.2) is 0 Å². The Morgan fingerprint density at radius 2 is 1.74 bits per heavy atom. The predicted octanol–water partition coefficient (Wildman–Crippen LogP) is 2.27. The van der Waals surface area contributed by atoms with Crippen LogP contribution in [0.25, 0.3) is 0 Å². The second kappa shape index (κ2) is 6.03. The molecular weight excluding hydrogens is 262 g/mol. The Morgan fingerprint density at radius 1 is 1.16 bits per heavy atom. The third kappa shape index (κ3) is 3.78. The summed E-state index contributed by atoms with van der Waals surface area (Å²) in [5.41, 5.74) is 1.14. The predicted molar refractivity (Wildman–Crippen MR) is 74.7 cm³/mol. The fourth-order valence-electron chi connectivity index (χ4n) is 2.13. The van der Waals surface area contributed by atoms with Crippen LogP contribution in [0.4, 0.5) is 0 Å². The van der Waals surface area contributed by atoms with Crippen molar-refractivity contribution in [3.63, 3.8) is 0 Å². The van der Waals surface area contributed by atoms with Crippen LogP contribution in [0.3, 0.4) is 0 Å². The molecule has 1 aliphatic rings. The van der Waals surface area contributed by atoms with Crippen LogP contribution in [-0.4, -0.2) is 27.7 Å². The minimum absolute atomic E-state index is 0.0106. The maximum Gasteiger partial charge on any atom is 0.240 e. The average molecular weight is 283 g/mol. The summed E-state index contributed by atoms with van der Waals surface area (Å²) in [6.45, 7) is 5.42. The van der Waals surface area contributed by atoms with E-state index < -0.39 is 10.0 Å². The smallest absolute Gasteiger partial charge is 0.240 e. The number of rotatable bonds is 4. The summed E-state index contributed by atoms with van der Waals surface area (Å²) in [6.07, 6.45) is 1.48. The lowest BCUT2D eigenvalue weighted by Gasteiger charge is -2.23. The van der Waals surface area contributed by atoms with Gasteiger partial charge in [-0.3, -0.25) is 0 Å². The molecule has 0 amide bonds. The first-order chi connectivity index (χ1) is 8.99. The van der Waals surface area contributed by atoms with Gasteiger partial charge in [-0.2, -0.15) is 0 Å². The molecule has 1 saturated heterocycles. The van der Waals surface area contributed by atoms with Crippen LogP contribution < -0.4 is 4.72 Å². The molecule has 0 atom stereocenters. The fraction of sp³-hybridized carbons (Fsp3) is 0.571. The Balaban J connectivity index is 2.10. The third-order valence-corrected chi connectivity index (χ3v) is 4.94. The summed E-state index contributed by atoms with van der Waals surface area (Å²) in [4.78, 5) is 0.336. The first-order valence-electron chi connectivity index (χ1n) is 6.69. The van der Waals surface area contributed by atoms with E-state index in [4.69, 9.17) is 4.74 Å². The van der Waals surface area contributed by atoms with E-state index >= 15 is 0 Å². The second-order valence-electron chi connectivity index (χ2n) is 5.23. The summed E-state index contributed by atoms with van der Waals surface area (Å²) in [5, 5.41) is 0. The molecule has 0 saturated carbocycles. The summed E-state index contributed by atoms with van der Waals surface area (Å²) in [7, 11) is -3.41. The number of ether oxygens (including phenoxy) is 1. The molecule has 0 radical (unpaired) electrons. The maximum atomic E-state index is 12.2. The molecule has 0 aliphatic carbocycles. The van der Waals surface area contributed by atoms with Crippen molar-refractivity contribution in [3.8, 4) is 0 Å². The van der Waals surface area contributed by atoms with E-state index in [1.165, 1.54) is 0 Å². The molecule has 1 aromatic rings. The molecule has 0 spiro atoms. The van der Waals surface area contributed by atoms with Crippen molar-refractivity contribution in [1.82, 2.24) is 4.72 Å². The number of hydrogen-bond donors (Lipinski definition) is 1. The normalized spacial score (nSPS) is 17.8. The Labute approximate surface area is 115 Å². The zero-order valence-electron chi connectivity index (χ0n) is 11.4. The van der Waals surface area contributed by atoms with Gasteiger partial charge in [-0.15, -0.1) is 0 Å². The van der Waals surface area contributed by atoms with Crippen molar-refractivity contribution in [2.75, 3.05) is 13.2 Å². The molecule has 4 nitrogen and oxygen atoms in total. The molecule has 1 heterocycles. The Morgan fingerprint density at radius 3 is 2.26 bits per heavy atom. The molecule has 2 rings (SSSR count). The van der Waals surface area contributed by atoms with E-state index in [0.717, 1.165) is 18.4 Å². The zero-order valence-corrected chi connectivity index (χ0v) is 12.2. The van der Waals surface area contributed by atoms with E-state index in [1.54, 1.807) is 12.1 Å². The lowest BCUT2D eigenvalue weighted by atomic mass is 10.0. The minimum Gasteiger partial charge on any atom is -0.381 e. The Hall–Kier alpha value is -0.910. The molecule has 19 heavy (non-hydrogen) atoms. The fourth-order valence-corrected chi connectivity index (χ4v) is 3.44. The monoisotopic (exact) mass is 283 g/mol. The summed E-state index contributed by atoms with van der Waals surface area (Å²) < 4.78 is 32.4. The minimum atomic E-state index is -3.41. The largest absolute Gasteiger partial charge is 0.381 e. The molecule has 106 valence electrons. The van der Waals surface area contributed by atoms with Crippen molar-refractivity contribution in [3.05, 3.63) is 29.8 Å². The van der Waals surface area contributed by atoms with Gasteiger partial charge >= 0.3 is 0 Å². The molecule has 0 aromatic heterocycles. The number of hydrogen-bond acceptors (Lipinski definition) is 3. The molecule has 1 fully saturated rings. The van der Waals surface area contributed by atoms with Gasteiger partial charge in [-0.1, -0.05) is 26.0 Å². The maximum absolute atomic E-state index is 12.2. The van der Waals surface area contributed by atoms with Gasteiger partial charge in [0.05, 0.1) is 4.90 Å². The van der Waals surface area contributed by atoms with Gasteiger partial charge in [0.25, 0.3) is 0 Å². The van der Waals surface area contributed by atoms with Crippen molar-refractivity contribution < 1.29 is 13.2 Å². The van der Waals surface area contributed by atoms with E-state index in [0.29, 0.717) is 24.0 Å². The van der Waals surface area contributed by atoms with Gasteiger partial charge in [0, 0.05) is 19.3 Å². The average Bonchev–Trinajstić information content (AvgIpc) is 2.39.